The highest BCUT2D eigenvalue weighted by molar-refractivity contribution is 6.00. The van der Waals surface area contributed by atoms with E-state index in [0.717, 1.165) is 24.0 Å². The summed E-state index contributed by atoms with van der Waals surface area (Å²) in [7, 11) is 0. The third-order valence-corrected chi connectivity index (χ3v) is 4.40. The van der Waals surface area contributed by atoms with E-state index >= 15 is 0 Å². The predicted molar refractivity (Wildman–Crippen MR) is 86.5 cm³/mol. The topological polar surface area (TPSA) is 46.1 Å². The number of hydrogen-bond donors (Lipinski definition) is 0. The molecule has 0 bridgehead atoms. The first-order chi connectivity index (χ1) is 10.6. The largest absolute Gasteiger partial charge is 0.333 e. The van der Waals surface area contributed by atoms with Gasteiger partial charge in [0, 0.05) is 30.0 Å². The van der Waals surface area contributed by atoms with Gasteiger partial charge < -0.3 is 4.90 Å². The molecule has 2 atom stereocenters. The average Bonchev–Trinajstić information content (AvgIpc) is 2.86. The summed E-state index contributed by atoms with van der Waals surface area (Å²) in [6.07, 6.45) is 5.54. The van der Waals surface area contributed by atoms with Crippen LogP contribution >= 0.6 is 0 Å². The Labute approximate surface area is 131 Å². The molecule has 1 aromatic carbocycles. The highest BCUT2D eigenvalue weighted by Gasteiger charge is 2.33. The Morgan fingerprint density at radius 3 is 2.41 bits per heavy atom. The molecule has 1 fully saturated rings. The first-order valence-corrected chi connectivity index (χ1v) is 7.78. The monoisotopic (exact) mass is 295 g/mol. The van der Waals surface area contributed by atoms with Gasteiger partial charge in [-0.15, -0.1) is 0 Å². The van der Waals surface area contributed by atoms with Crippen LogP contribution in [0.5, 0.6) is 0 Å². The van der Waals surface area contributed by atoms with Crippen molar-refractivity contribution < 1.29 is 4.79 Å². The van der Waals surface area contributed by atoms with Crippen LogP contribution < -0.4 is 0 Å². The number of hydrogen-bond acceptors (Lipinski definition) is 3. The van der Waals surface area contributed by atoms with Gasteiger partial charge in [-0.2, -0.15) is 0 Å². The van der Waals surface area contributed by atoms with Gasteiger partial charge in [0.15, 0.2) is 5.82 Å². The third kappa shape index (κ3) is 2.61. The van der Waals surface area contributed by atoms with Crippen LogP contribution in [0.3, 0.4) is 0 Å². The number of aromatic nitrogens is 2. The van der Waals surface area contributed by atoms with E-state index in [9.17, 15) is 4.79 Å². The lowest BCUT2D eigenvalue weighted by molar-refractivity contribution is 0.0693. The second-order valence-corrected chi connectivity index (χ2v) is 6.11. The minimum absolute atomic E-state index is 0.0867. The summed E-state index contributed by atoms with van der Waals surface area (Å²) in [6, 6.07) is 8.25. The minimum atomic E-state index is 0.0867. The quantitative estimate of drug-likeness (QED) is 0.852. The average molecular weight is 295 g/mol. The summed E-state index contributed by atoms with van der Waals surface area (Å²) in [6.45, 7) is 6.25. The fourth-order valence-electron chi connectivity index (χ4n) is 3.20. The van der Waals surface area contributed by atoms with Crippen LogP contribution in [0.15, 0.2) is 36.7 Å². The van der Waals surface area contributed by atoms with E-state index in [-0.39, 0.29) is 18.0 Å². The van der Waals surface area contributed by atoms with E-state index in [0.29, 0.717) is 11.4 Å². The number of benzene rings is 1. The Morgan fingerprint density at radius 2 is 1.77 bits per heavy atom. The van der Waals surface area contributed by atoms with E-state index in [1.165, 1.54) is 0 Å². The van der Waals surface area contributed by atoms with Crippen LogP contribution in [0, 0.1) is 6.92 Å². The normalized spacial score (nSPS) is 21.1. The van der Waals surface area contributed by atoms with Crippen LogP contribution in [0.4, 0.5) is 0 Å². The van der Waals surface area contributed by atoms with Crippen LogP contribution in [0.2, 0.25) is 0 Å². The highest BCUT2D eigenvalue weighted by Crippen LogP contribution is 2.29. The molecule has 2 aromatic rings. The van der Waals surface area contributed by atoms with Gasteiger partial charge in [0.1, 0.15) is 0 Å². The Kier molecular flexibility index (Phi) is 3.92. The van der Waals surface area contributed by atoms with E-state index < -0.39 is 0 Å². The molecule has 4 heteroatoms. The molecular formula is C18H21N3O. The molecule has 0 spiro atoms. The van der Waals surface area contributed by atoms with Crippen molar-refractivity contribution >= 4 is 5.91 Å². The summed E-state index contributed by atoms with van der Waals surface area (Å²) in [5, 5.41) is 0. The van der Waals surface area contributed by atoms with E-state index in [1.807, 2.05) is 30.0 Å². The minimum Gasteiger partial charge on any atom is -0.333 e. The van der Waals surface area contributed by atoms with Crippen molar-refractivity contribution in [3.05, 3.63) is 47.8 Å². The van der Waals surface area contributed by atoms with E-state index in [4.69, 9.17) is 0 Å². The number of rotatable bonds is 2. The highest BCUT2D eigenvalue weighted by atomic mass is 16.2. The SMILES string of the molecule is Cc1ccc(-c2ncccn2)c(C(=O)N2C(C)CCC2C)c1. The van der Waals surface area contributed by atoms with Crippen molar-refractivity contribution in [2.45, 2.75) is 45.7 Å². The van der Waals surface area contributed by atoms with Crippen LogP contribution in [-0.4, -0.2) is 32.9 Å². The first-order valence-electron chi connectivity index (χ1n) is 7.78. The predicted octanol–water partition coefficient (Wildman–Crippen LogP) is 3.47. The van der Waals surface area contributed by atoms with Crippen molar-refractivity contribution in [3.8, 4) is 11.4 Å². The molecule has 2 heterocycles. The molecule has 0 saturated carbocycles. The van der Waals surface area contributed by atoms with Crippen molar-refractivity contribution in [3.63, 3.8) is 0 Å². The molecule has 1 amide bonds. The van der Waals surface area contributed by atoms with Crippen molar-refractivity contribution in [2.24, 2.45) is 0 Å². The molecule has 2 unspecified atom stereocenters. The number of likely N-dealkylation sites (tertiary alicyclic amines) is 1. The van der Waals surface area contributed by atoms with Crippen LogP contribution in [0.25, 0.3) is 11.4 Å². The molecule has 1 saturated heterocycles. The second-order valence-electron chi connectivity index (χ2n) is 6.11. The van der Waals surface area contributed by atoms with Crippen LogP contribution in [0.1, 0.15) is 42.6 Å². The molecule has 0 N–H and O–H groups in total. The Hall–Kier alpha value is -2.23. The Balaban J connectivity index is 2.06. The molecule has 114 valence electrons. The number of amides is 1. The Morgan fingerprint density at radius 1 is 1.14 bits per heavy atom. The fourth-order valence-corrected chi connectivity index (χ4v) is 3.20. The summed E-state index contributed by atoms with van der Waals surface area (Å²) in [5.74, 6) is 0.689. The van der Waals surface area contributed by atoms with Crippen molar-refractivity contribution in [2.75, 3.05) is 0 Å². The second kappa shape index (κ2) is 5.87. The lowest BCUT2D eigenvalue weighted by Crippen LogP contribution is -2.38. The lowest BCUT2D eigenvalue weighted by Gasteiger charge is -2.27. The number of aryl methyl sites for hydroxylation is 1. The van der Waals surface area contributed by atoms with Gasteiger partial charge in [-0.3, -0.25) is 4.79 Å². The lowest BCUT2D eigenvalue weighted by atomic mass is 10.0. The maximum Gasteiger partial charge on any atom is 0.255 e. The van der Waals surface area contributed by atoms with Gasteiger partial charge in [-0.25, -0.2) is 9.97 Å². The summed E-state index contributed by atoms with van der Waals surface area (Å²) in [4.78, 5) is 23.7. The number of carbonyl (C=O) groups is 1. The van der Waals surface area contributed by atoms with E-state index in [1.54, 1.807) is 18.5 Å². The van der Waals surface area contributed by atoms with E-state index in [2.05, 4.69) is 23.8 Å². The zero-order valence-corrected chi connectivity index (χ0v) is 13.3. The van der Waals surface area contributed by atoms with Gasteiger partial charge in [0.2, 0.25) is 0 Å². The maximum absolute atomic E-state index is 13.1. The third-order valence-electron chi connectivity index (χ3n) is 4.40. The molecule has 1 aromatic heterocycles. The smallest absolute Gasteiger partial charge is 0.255 e. The molecular weight excluding hydrogens is 274 g/mol. The number of carbonyl (C=O) groups excluding carboxylic acids is 1. The molecule has 1 aliphatic rings. The zero-order chi connectivity index (χ0) is 15.7. The summed E-state index contributed by atoms with van der Waals surface area (Å²) >= 11 is 0. The number of nitrogens with zero attached hydrogens (tertiary/aromatic N) is 3. The zero-order valence-electron chi connectivity index (χ0n) is 13.3. The fraction of sp³-hybridized carbons (Fsp3) is 0.389. The van der Waals surface area contributed by atoms with Gasteiger partial charge in [0.05, 0.1) is 5.56 Å². The molecule has 3 rings (SSSR count). The van der Waals surface area contributed by atoms with Gasteiger partial charge in [-0.05, 0) is 45.7 Å². The maximum atomic E-state index is 13.1. The van der Waals surface area contributed by atoms with Gasteiger partial charge in [-0.1, -0.05) is 17.7 Å². The summed E-state index contributed by atoms with van der Waals surface area (Å²) < 4.78 is 0. The molecule has 22 heavy (non-hydrogen) atoms. The molecule has 0 radical (unpaired) electrons. The molecule has 0 aliphatic carbocycles. The molecule has 4 nitrogen and oxygen atoms in total. The van der Waals surface area contributed by atoms with Crippen LogP contribution in [-0.2, 0) is 0 Å². The first kappa shape index (κ1) is 14.7. The standard InChI is InChI=1S/C18H21N3O/c1-12-5-8-15(17-19-9-4-10-20-17)16(11-12)18(22)21-13(2)6-7-14(21)3/h4-5,8-11,13-14H,6-7H2,1-3H3. The van der Waals surface area contributed by atoms with Crippen molar-refractivity contribution in [1.82, 2.24) is 14.9 Å². The summed E-state index contributed by atoms with van der Waals surface area (Å²) in [5.41, 5.74) is 2.58. The molecule has 1 aliphatic heterocycles. The van der Waals surface area contributed by atoms with Crippen molar-refractivity contribution in [1.29, 1.82) is 0 Å². The van der Waals surface area contributed by atoms with Gasteiger partial charge >= 0.3 is 0 Å². The van der Waals surface area contributed by atoms with Gasteiger partial charge in [0.25, 0.3) is 5.91 Å². The Bertz CT molecular complexity index is 674.